The molecule has 4 aliphatic rings. The Balaban J connectivity index is 1.52. The predicted octanol–water partition coefficient (Wildman–Crippen LogP) is 3.32. The molecule has 7 rings (SSSR count). The van der Waals surface area contributed by atoms with Crippen LogP contribution in [0.25, 0.3) is 0 Å². The SMILES string of the molecule is COc1cc(C)cc2c1C(=O)OC1C(O)C=CC3c4c(cc(OC)c5c4C(=O)c4cccc(O)c4C5=O)CC31C2O. The van der Waals surface area contributed by atoms with Crippen LogP contribution < -0.4 is 9.47 Å². The number of fused-ring (bicyclic) bond motifs is 6. The quantitative estimate of drug-likeness (QED) is 0.251. The first kappa shape index (κ1) is 25.5. The molecule has 3 aliphatic carbocycles. The molecule has 208 valence electrons. The molecule has 1 aliphatic heterocycles. The molecule has 0 saturated heterocycles. The van der Waals surface area contributed by atoms with Crippen LogP contribution in [0.3, 0.4) is 0 Å². The van der Waals surface area contributed by atoms with E-state index in [9.17, 15) is 29.7 Å². The van der Waals surface area contributed by atoms with E-state index in [4.69, 9.17) is 14.2 Å². The Morgan fingerprint density at radius 2 is 1.63 bits per heavy atom. The van der Waals surface area contributed by atoms with Gasteiger partial charge < -0.3 is 29.5 Å². The molecule has 1 spiro atoms. The Morgan fingerprint density at radius 3 is 2.37 bits per heavy atom. The maximum Gasteiger partial charge on any atom is 0.342 e. The van der Waals surface area contributed by atoms with E-state index >= 15 is 0 Å². The van der Waals surface area contributed by atoms with Crippen LogP contribution in [0, 0.1) is 12.3 Å². The first-order valence-electron chi connectivity index (χ1n) is 13.2. The maximum absolute atomic E-state index is 14.1. The van der Waals surface area contributed by atoms with Gasteiger partial charge in [-0.1, -0.05) is 30.4 Å². The van der Waals surface area contributed by atoms with Gasteiger partial charge in [0, 0.05) is 17.0 Å². The number of hydrogen-bond donors (Lipinski definition) is 3. The number of benzene rings is 3. The Hall–Kier alpha value is -4.47. The number of aryl methyl sites for hydroxylation is 1. The molecule has 1 heterocycles. The van der Waals surface area contributed by atoms with Gasteiger partial charge in [0.15, 0.2) is 5.78 Å². The lowest BCUT2D eigenvalue weighted by molar-refractivity contribution is -0.119. The molecule has 3 aromatic carbocycles. The predicted molar refractivity (Wildman–Crippen MR) is 144 cm³/mol. The van der Waals surface area contributed by atoms with Crippen LogP contribution in [0.5, 0.6) is 17.2 Å². The fourth-order valence-electron chi connectivity index (χ4n) is 7.42. The number of esters is 1. The summed E-state index contributed by atoms with van der Waals surface area (Å²) in [5.74, 6) is -2.39. The molecule has 5 atom stereocenters. The second-order valence-corrected chi connectivity index (χ2v) is 11.1. The molecule has 0 aromatic heterocycles. The number of aromatic hydroxyl groups is 1. The minimum absolute atomic E-state index is 0.0244. The zero-order valence-corrected chi connectivity index (χ0v) is 22.4. The molecule has 41 heavy (non-hydrogen) atoms. The Morgan fingerprint density at radius 1 is 0.902 bits per heavy atom. The van der Waals surface area contributed by atoms with Crippen LogP contribution in [0.1, 0.15) is 76.5 Å². The average molecular weight is 555 g/mol. The number of rotatable bonds is 2. The molecular weight excluding hydrogens is 528 g/mol. The van der Waals surface area contributed by atoms with Crippen LogP contribution in [0.2, 0.25) is 0 Å². The fourth-order valence-corrected chi connectivity index (χ4v) is 7.42. The number of allylic oxidation sites excluding steroid dienone is 1. The summed E-state index contributed by atoms with van der Waals surface area (Å²) in [5.41, 5.74) is 1.04. The van der Waals surface area contributed by atoms with Gasteiger partial charge in [0.05, 0.1) is 36.9 Å². The first-order valence-corrected chi connectivity index (χ1v) is 13.2. The summed E-state index contributed by atoms with van der Waals surface area (Å²) in [4.78, 5) is 41.4. The molecule has 0 amide bonds. The normalized spacial score (nSPS) is 27.0. The van der Waals surface area contributed by atoms with E-state index in [2.05, 4.69) is 0 Å². The van der Waals surface area contributed by atoms with Crippen LogP contribution in [0.15, 0.2) is 48.6 Å². The third kappa shape index (κ3) is 3.10. The molecule has 0 bridgehead atoms. The highest BCUT2D eigenvalue weighted by atomic mass is 16.6. The maximum atomic E-state index is 14.1. The number of aliphatic hydroxyl groups excluding tert-OH is 2. The van der Waals surface area contributed by atoms with Gasteiger partial charge in [0.1, 0.15) is 35.0 Å². The number of carbonyl (C=O) groups excluding carboxylic acids is 3. The lowest BCUT2D eigenvalue weighted by atomic mass is 9.61. The number of methoxy groups -OCH3 is 2. The van der Waals surface area contributed by atoms with Crippen molar-refractivity contribution in [2.45, 2.75) is 37.6 Å². The van der Waals surface area contributed by atoms with Crippen LogP contribution in [0.4, 0.5) is 0 Å². The standard InChI is InChI=1S/C32H26O9/c1-13-9-16-24(20(10-13)39-2)31(38)41-30-19(34)8-7-17-22-14(12-32(17,30)29(16)37)11-21(40-3)25-26(22)27(35)15-5-4-6-18(33)23(15)28(25)36/h4-11,17,19,29-30,33-34,37H,12H2,1-3H3. The molecule has 5 unspecified atom stereocenters. The minimum Gasteiger partial charge on any atom is -0.507 e. The van der Waals surface area contributed by atoms with Crippen molar-refractivity contribution in [2.75, 3.05) is 14.2 Å². The molecular formula is C32H26O9. The summed E-state index contributed by atoms with van der Waals surface area (Å²) in [6.45, 7) is 1.82. The largest absolute Gasteiger partial charge is 0.507 e. The second kappa shape index (κ2) is 8.52. The van der Waals surface area contributed by atoms with Gasteiger partial charge in [-0.15, -0.1) is 0 Å². The van der Waals surface area contributed by atoms with Crippen molar-refractivity contribution >= 4 is 17.5 Å². The van der Waals surface area contributed by atoms with Gasteiger partial charge in [-0.3, -0.25) is 9.59 Å². The lowest BCUT2D eigenvalue weighted by Crippen LogP contribution is -2.52. The molecule has 0 radical (unpaired) electrons. The summed E-state index contributed by atoms with van der Waals surface area (Å²) in [6, 6.07) is 9.38. The van der Waals surface area contributed by atoms with Crippen LogP contribution in [-0.2, 0) is 11.2 Å². The van der Waals surface area contributed by atoms with Gasteiger partial charge >= 0.3 is 5.97 Å². The van der Waals surface area contributed by atoms with Gasteiger partial charge in [0.25, 0.3) is 0 Å². The minimum atomic E-state index is -1.33. The van der Waals surface area contributed by atoms with E-state index in [1.807, 2.05) is 6.92 Å². The van der Waals surface area contributed by atoms with E-state index in [0.29, 0.717) is 16.7 Å². The summed E-state index contributed by atoms with van der Waals surface area (Å²) in [7, 11) is 2.81. The van der Waals surface area contributed by atoms with E-state index < -0.39 is 47.2 Å². The Labute approximate surface area is 234 Å². The summed E-state index contributed by atoms with van der Waals surface area (Å²) >= 11 is 0. The van der Waals surface area contributed by atoms with Gasteiger partial charge in [-0.25, -0.2) is 4.79 Å². The van der Waals surface area contributed by atoms with Gasteiger partial charge in [0.2, 0.25) is 5.78 Å². The topological polar surface area (TPSA) is 140 Å². The van der Waals surface area contributed by atoms with Crippen molar-refractivity contribution in [2.24, 2.45) is 5.41 Å². The second-order valence-electron chi connectivity index (χ2n) is 11.1. The summed E-state index contributed by atoms with van der Waals surface area (Å²) in [6.07, 6.45) is -0.434. The highest BCUT2D eigenvalue weighted by Gasteiger charge is 2.63. The third-order valence-electron chi connectivity index (χ3n) is 9.07. The van der Waals surface area contributed by atoms with Crippen LogP contribution >= 0.6 is 0 Å². The van der Waals surface area contributed by atoms with Crippen molar-refractivity contribution in [3.05, 3.63) is 98.6 Å². The number of carbonyl (C=O) groups is 3. The number of ether oxygens (including phenoxy) is 3. The zero-order valence-electron chi connectivity index (χ0n) is 22.4. The van der Waals surface area contributed by atoms with Gasteiger partial charge in [-0.2, -0.15) is 0 Å². The number of aliphatic hydroxyl groups is 2. The van der Waals surface area contributed by atoms with E-state index in [1.165, 1.54) is 38.5 Å². The monoisotopic (exact) mass is 554 g/mol. The number of phenols is 1. The number of ketones is 2. The highest BCUT2D eigenvalue weighted by Crippen LogP contribution is 2.63. The van der Waals surface area contributed by atoms with Gasteiger partial charge in [-0.05, 0) is 53.8 Å². The first-order chi connectivity index (χ1) is 19.6. The smallest absolute Gasteiger partial charge is 0.342 e. The van der Waals surface area contributed by atoms with E-state index in [-0.39, 0.29) is 51.5 Å². The molecule has 3 aromatic rings. The van der Waals surface area contributed by atoms with Crippen molar-refractivity contribution in [1.29, 1.82) is 0 Å². The van der Waals surface area contributed by atoms with E-state index in [0.717, 1.165) is 5.56 Å². The summed E-state index contributed by atoms with van der Waals surface area (Å²) in [5, 5.41) is 33.9. The van der Waals surface area contributed by atoms with Crippen molar-refractivity contribution in [3.63, 3.8) is 0 Å². The summed E-state index contributed by atoms with van der Waals surface area (Å²) < 4.78 is 17.1. The molecule has 0 saturated carbocycles. The molecule has 3 N–H and O–H groups in total. The van der Waals surface area contributed by atoms with Crippen molar-refractivity contribution in [1.82, 2.24) is 0 Å². The van der Waals surface area contributed by atoms with Crippen LogP contribution in [-0.4, -0.2) is 59.3 Å². The number of hydrogen-bond acceptors (Lipinski definition) is 9. The van der Waals surface area contributed by atoms with Crippen molar-refractivity contribution < 1.29 is 43.9 Å². The number of phenolic OH excluding ortho intramolecular Hbond substituents is 1. The third-order valence-corrected chi connectivity index (χ3v) is 9.07. The Kier molecular flexibility index (Phi) is 5.30. The molecule has 9 nitrogen and oxygen atoms in total. The zero-order chi connectivity index (χ0) is 29.0. The fraction of sp³-hybridized carbons (Fsp3) is 0.281. The lowest BCUT2D eigenvalue weighted by Gasteiger charge is -2.46. The van der Waals surface area contributed by atoms with E-state index in [1.54, 1.807) is 24.3 Å². The molecule has 0 fully saturated rings. The highest BCUT2D eigenvalue weighted by molar-refractivity contribution is 6.31. The average Bonchev–Trinajstić information content (AvgIpc) is 3.26. The molecule has 9 heteroatoms. The Bertz CT molecular complexity index is 1750. The van der Waals surface area contributed by atoms with Crippen molar-refractivity contribution in [3.8, 4) is 17.2 Å².